The van der Waals surface area contributed by atoms with Gasteiger partial charge in [-0.1, -0.05) is 48.5 Å². The third-order valence-corrected chi connectivity index (χ3v) is 6.22. The predicted octanol–water partition coefficient (Wildman–Crippen LogP) is 3.37. The molecule has 2 fully saturated rings. The zero-order valence-electron chi connectivity index (χ0n) is 17.3. The summed E-state index contributed by atoms with van der Waals surface area (Å²) >= 11 is 0. The quantitative estimate of drug-likeness (QED) is 0.795. The number of para-hydroxylation sites is 1. The van der Waals surface area contributed by atoms with Gasteiger partial charge in [0.05, 0.1) is 0 Å². The number of nitrogens with one attached hydrogen (secondary N) is 1. The lowest BCUT2D eigenvalue weighted by molar-refractivity contribution is -0.143. The summed E-state index contributed by atoms with van der Waals surface area (Å²) in [6.45, 7) is 7.92. The molecule has 0 unspecified atom stereocenters. The van der Waals surface area contributed by atoms with Crippen molar-refractivity contribution in [1.82, 2.24) is 9.80 Å². The van der Waals surface area contributed by atoms with E-state index in [1.54, 1.807) is 0 Å². The van der Waals surface area contributed by atoms with Crippen LogP contribution in [0.15, 0.2) is 48.5 Å². The Labute approximate surface area is 172 Å². The van der Waals surface area contributed by atoms with Gasteiger partial charge >= 0.3 is 0 Å². The fraction of sp³-hybridized carbons (Fsp3) is 0.417. The number of hydrogen-bond donors (Lipinski definition) is 1. The molecule has 1 N–H and O–H groups in total. The Bertz CT molecular complexity index is 877. The number of aryl methyl sites for hydroxylation is 2. The minimum Gasteiger partial charge on any atom is -0.339 e. The molecule has 152 valence electrons. The van der Waals surface area contributed by atoms with Crippen LogP contribution in [0.3, 0.4) is 0 Å². The lowest BCUT2D eigenvalue weighted by Gasteiger charge is -2.36. The Kier molecular flexibility index (Phi) is 5.41. The van der Waals surface area contributed by atoms with E-state index in [0.29, 0.717) is 25.9 Å². The standard InChI is InChI=1S/C24H29N3O2/c1-18-7-6-8-19(2)21(18)25-22(28)24(11-12-24)23(29)27-15-13-26(14-16-27)17-20-9-4-3-5-10-20/h3-10H,11-17H2,1-2H3,(H,25,28). The average Bonchev–Trinajstić information content (AvgIpc) is 3.54. The van der Waals surface area contributed by atoms with Crippen molar-refractivity contribution in [2.45, 2.75) is 33.2 Å². The van der Waals surface area contributed by atoms with Gasteiger partial charge in [0, 0.05) is 38.4 Å². The maximum atomic E-state index is 13.2. The zero-order chi connectivity index (χ0) is 20.4. The largest absolute Gasteiger partial charge is 0.339 e. The summed E-state index contributed by atoms with van der Waals surface area (Å²) in [5, 5.41) is 3.05. The summed E-state index contributed by atoms with van der Waals surface area (Å²) in [6.07, 6.45) is 1.29. The topological polar surface area (TPSA) is 52.7 Å². The minimum atomic E-state index is -0.865. The fourth-order valence-corrected chi connectivity index (χ4v) is 4.16. The molecule has 29 heavy (non-hydrogen) atoms. The molecule has 1 aliphatic heterocycles. The van der Waals surface area contributed by atoms with Gasteiger partial charge < -0.3 is 10.2 Å². The highest BCUT2D eigenvalue weighted by atomic mass is 16.2. The second-order valence-corrected chi connectivity index (χ2v) is 8.36. The Balaban J connectivity index is 1.36. The zero-order valence-corrected chi connectivity index (χ0v) is 17.3. The molecule has 2 amide bonds. The van der Waals surface area contributed by atoms with Gasteiger partial charge in [-0.05, 0) is 43.4 Å². The van der Waals surface area contributed by atoms with E-state index in [1.165, 1.54) is 5.56 Å². The van der Waals surface area contributed by atoms with Crippen LogP contribution in [-0.2, 0) is 16.1 Å². The summed E-state index contributed by atoms with van der Waals surface area (Å²) in [5.41, 5.74) is 3.31. The van der Waals surface area contributed by atoms with E-state index in [9.17, 15) is 9.59 Å². The van der Waals surface area contributed by atoms with Crippen molar-refractivity contribution >= 4 is 17.5 Å². The van der Waals surface area contributed by atoms with Crippen LogP contribution in [0, 0.1) is 19.3 Å². The summed E-state index contributed by atoms with van der Waals surface area (Å²) in [7, 11) is 0. The molecule has 5 nitrogen and oxygen atoms in total. The second-order valence-electron chi connectivity index (χ2n) is 8.36. The van der Waals surface area contributed by atoms with Crippen LogP contribution in [0.5, 0.6) is 0 Å². The van der Waals surface area contributed by atoms with Gasteiger partial charge in [-0.3, -0.25) is 14.5 Å². The van der Waals surface area contributed by atoms with Crippen LogP contribution in [0.4, 0.5) is 5.69 Å². The highest BCUT2D eigenvalue weighted by Gasteiger charge is 2.58. The van der Waals surface area contributed by atoms with Crippen molar-refractivity contribution < 1.29 is 9.59 Å². The first-order valence-corrected chi connectivity index (χ1v) is 10.4. The predicted molar refractivity (Wildman–Crippen MR) is 115 cm³/mol. The minimum absolute atomic E-state index is 0.000554. The lowest BCUT2D eigenvalue weighted by atomic mass is 10.0. The van der Waals surface area contributed by atoms with Crippen molar-refractivity contribution in [3.05, 3.63) is 65.2 Å². The van der Waals surface area contributed by atoms with E-state index in [2.05, 4.69) is 34.5 Å². The number of carbonyl (C=O) groups is 2. The van der Waals surface area contributed by atoms with Crippen LogP contribution in [0.2, 0.25) is 0 Å². The Hall–Kier alpha value is -2.66. The van der Waals surface area contributed by atoms with Gasteiger partial charge in [-0.15, -0.1) is 0 Å². The second kappa shape index (κ2) is 7.99. The summed E-state index contributed by atoms with van der Waals surface area (Å²) in [5.74, 6) is -0.146. The molecule has 0 radical (unpaired) electrons. The molecular weight excluding hydrogens is 362 g/mol. The molecule has 2 aromatic rings. The van der Waals surface area contributed by atoms with Crippen molar-refractivity contribution in [1.29, 1.82) is 0 Å². The summed E-state index contributed by atoms with van der Waals surface area (Å²) < 4.78 is 0. The number of hydrogen-bond acceptors (Lipinski definition) is 3. The van der Waals surface area contributed by atoms with E-state index >= 15 is 0 Å². The van der Waals surface area contributed by atoms with Crippen LogP contribution < -0.4 is 5.32 Å². The van der Waals surface area contributed by atoms with E-state index < -0.39 is 5.41 Å². The van der Waals surface area contributed by atoms with Crippen LogP contribution >= 0.6 is 0 Å². The van der Waals surface area contributed by atoms with Gasteiger partial charge in [0.2, 0.25) is 11.8 Å². The third kappa shape index (κ3) is 4.06. The molecule has 5 heteroatoms. The third-order valence-electron chi connectivity index (χ3n) is 6.22. The van der Waals surface area contributed by atoms with Gasteiger partial charge in [0.1, 0.15) is 5.41 Å². The highest BCUT2D eigenvalue weighted by Crippen LogP contribution is 2.48. The molecule has 1 saturated carbocycles. The number of nitrogens with zero attached hydrogens (tertiary/aromatic N) is 2. The molecule has 2 aliphatic rings. The van der Waals surface area contributed by atoms with E-state index in [4.69, 9.17) is 0 Å². The van der Waals surface area contributed by atoms with Crippen molar-refractivity contribution in [3.63, 3.8) is 0 Å². The number of benzene rings is 2. The number of anilines is 1. The van der Waals surface area contributed by atoms with E-state index in [-0.39, 0.29) is 11.8 Å². The number of carbonyl (C=O) groups excluding carboxylic acids is 2. The summed E-state index contributed by atoms with van der Waals surface area (Å²) in [6, 6.07) is 16.3. The smallest absolute Gasteiger partial charge is 0.240 e. The van der Waals surface area contributed by atoms with E-state index in [0.717, 1.165) is 36.4 Å². The molecular formula is C24H29N3O2. The molecule has 2 aromatic carbocycles. The van der Waals surface area contributed by atoms with Gasteiger partial charge in [0.15, 0.2) is 0 Å². The SMILES string of the molecule is Cc1cccc(C)c1NC(=O)C1(C(=O)N2CCN(Cc3ccccc3)CC2)CC1. The summed E-state index contributed by atoms with van der Waals surface area (Å²) in [4.78, 5) is 30.5. The molecule has 0 bridgehead atoms. The first kappa shape index (κ1) is 19.6. The maximum Gasteiger partial charge on any atom is 0.240 e. The van der Waals surface area contributed by atoms with Crippen LogP contribution in [0.25, 0.3) is 0 Å². The lowest BCUT2D eigenvalue weighted by Crippen LogP contribution is -2.52. The first-order chi connectivity index (χ1) is 14.0. The fourth-order valence-electron chi connectivity index (χ4n) is 4.16. The molecule has 0 aromatic heterocycles. The number of amides is 2. The number of rotatable bonds is 5. The van der Waals surface area contributed by atoms with Gasteiger partial charge in [0.25, 0.3) is 0 Å². The Morgan fingerprint density at radius 2 is 1.52 bits per heavy atom. The highest BCUT2D eigenvalue weighted by molar-refractivity contribution is 6.13. The van der Waals surface area contributed by atoms with Crippen LogP contribution in [0.1, 0.15) is 29.5 Å². The monoisotopic (exact) mass is 391 g/mol. The van der Waals surface area contributed by atoms with Crippen molar-refractivity contribution in [3.8, 4) is 0 Å². The Morgan fingerprint density at radius 1 is 0.897 bits per heavy atom. The molecule has 1 saturated heterocycles. The molecule has 1 heterocycles. The van der Waals surface area contributed by atoms with Crippen LogP contribution in [-0.4, -0.2) is 47.8 Å². The Morgan fingerprint density at radius 3 is 2.10 bits per heavy atom. The van der Waals surface area contributed by atoms with Gasteiger partial charge in [-0.2, -0.15) is 0 Å². The molecule has 1 aliphatic carbocycles. The first-order valence-electron chi connectivity index (χ1n) is 10.4. The molecule has 4 rings (SSSR count). The number of piperazine rings is 1. The average molecular weight is 392 g/mol. The van der Waals surface area contributed by atoms with Crippen molar-refractivity contribution in [2.24, 2.45) is 5.41 Å². The van der Waals surface area contributed by atoms with Gasteiger partial charge in [-0.25, -0.2) is 0 Å². The van der Waals surface area contributed by atoms with Crippen molar-refractivity contribution in [2.75, 3.05) is 31.5 Å². The van der Waals surface area contributed by atoms with E-state index in [1.807, 2.05) is 43.0 Å². The normalized spacial score (nSPS) is 18.3. The maximum absolute atomic E-state index is 13.2. The molecule has 0 atom stereocenters. The molecule has 0 spiro atoms.